The largest absolute Gasteiger partial charge is 0.334 e. The van der Waals surface area contributed by atoms with Gasteiger partial charge in [0.2, 0.25) is 0 Å². The molecule has 0 spiro atoms. The summed E-state index contributed by atoms with van der Waals surface area (Å²) in [5, 5.41) is 3.19. The third-order valence-corrected chi connectivity index (χ3v) is 3.36. The second-order valence-corrected chi connectivity index (χ2v) is 4.77. The molecule has 1 aromatic carbocycles. The first-order chi connectivity index (χ1) is 9.13. The van der Waals surface area contributed by atoms with Gasteiger partial charge in [0.05, 0.1) is 5.56 Å². The van der Waals surface area contributed by atoms with Crippen LogP contribution < -0.4 is 5.32 Å². The molecule has 2 rings (SSSR count). The standard InChI is InChI=1S/C14H18F2N2O/c1-2-7-18(11-5-6-17-9-11)14(19)12-4-3-10(15)8-13(12)16/h3-4,8,11,17H,2,5-7,9H2,1H3. The summed E-state index contributed by atoms with van der Waals surface area (Å²) >= 11 is 0. The molecule has 1 N–H and O–H groups in total. The maximum atomic E-state index is 13.7. The minimum absolute atomic E-state index is 0.0539. The van der Waals surface area contributed by atoms with Crippen molar-refractivity contribution in [1.29, 1.82) is 0 Å². The molecule has 0 bridgehead atoms. The molecule has 19 heavy (non-hydrogen) atoms. The number of carbonyl (C=O) groups is 1. The van der Waals surface area contributed by atoms with Crippen LogP contribution in [-0.2, 0) is 0 Å². The molecule has 1 atom stereocenters. The van der Waals surface area contributed by atoms with Crippen LogP contribution >= 0.6 is 0 Å². The highest BCUT2D eigenvalue weighted by Crippen LogP contribution is 2.17. The zero-order valence-corrected chi connectivity index (χ0v) is 11.0. The van der Waals surface area contributed by atoms with E-state index in [0.29, 0.717) is 6.54 Å². The van der Waals surface area contributed by atoms with E-state index in [2.05, 4.69) is 5.32 Å². The van der Waals surface area contributed by atoms with Crippen molar-refractivity contribution in [2.75, 3.05) is 19.6 Å². The Kier molecular flexibility index (Phi) is 4.47. The van der Waals surface area contributed by atoms with Crippen molar-refractivity contribution in [2.24, 2.45) is 0 Å². The van der Waals surface area contributed by atoms with Gasteiger partial charge in [-0.25, -0.2) is 8.78 Å². The Morgan fingerprint density at radius 2 is 2.26 bits per heavy atom. The Bertz CT molecular complexity index is 459. The second-order valence-electron chi connectivity index (χ2n) is 4.77. The molecule has 1 saturated heterocycles. The topological polar surface area (TPSA) is 32.3 Å². The van der Waals surface area contributed by atoms with Crippen molar-refractivity contribution in [2.45, 2.75) is 25.8 Å². The summed E-state index contributed by atoms with van der Waals surface area (Å²) < 4.78 is 26.6. The number of hydrogen-bond donors (Lipinski definition) is 1. The van der Waals surface area contributed by atoms with E-state index >= 15 is 0 Å². The Hall–Kier alpha value is -1.49. The molecule has 0 aromatic heterocycles. The van der Waals surface area contributed by atoms with Crippen LogP contribution in [0.15, 0.2) is 18.2 Å². The van der Waals surface area contributed by atoms with E-state index in [-0.39, 0.29) is 17.5 Å². The van der Waals surface area contributed by atoms with Crippen molar-refractivity contribution >= 4 is 5.91 Å². The molecule has 1 amide bonds. The van der Waals surface area contributed by atoms with Gasteiger partial charge in [0.15, 0.2) is 0 Å². The molecule has 1 aliphatic rings. The average Bonchev–Trinajstić information content (AvgIpc) is 2.89. The summed E-state index contributed by atoms with van der Waals surface area (Å²) in [5.41, 5.74) is -0.0539. The van der Waals surface area contributed by atoms with Gasteiger partial charge in [0, 0.05) is 25.2 Å². The van der Waals surface area contributed by atoms with E-state index in [1.54, 1.807) is 4.90 Å². The molecule has 3 nitrogen and oxygen atoms in total. The van der Waals surface area contributed by atoms with Crippen LogP contribution in [0.1, 0.15) is 30.1 Å². The third kappa shape index (κ3) is 3.10. The van der Waals surface area contributed by atoms with Crippen LogP contribution in [0.4, 0.5) is 8.78 Å². The van der Waals surface area contributed by atoms with Gasteiger partial charge in [-0.05, 0) is 31.5 Å². The van der Waals surface area contributed by atoms with Crippen LogP contribution in [0.5, 0.6) is 0 Å². The number of hydrogen-bond acceptors (Lipinski definition) is 2. The fourth-order valence-corrected chi connectivity index (χ4v) is 2.41. The number of halogens is 2. The van der Waals surface area contributed by atoms with E-state index in [1.165, 1.54) is 6.07 Å². The molecule has 0 radical (unpaired) electrons. The van der Waals surface area contributed by atoms with Crippen molar-refractivity contribution < 1.29 is 13.6 Å². The van der Waals surface area contributed by atoms with Crippen molar-refractivity contribution in [3.05, 3.63) is 35.4 Å². The SMILES string of the molecule is CCCN(C(=O)c1ccc(F)cc1F)C1CCNC1. The molecule has 0 aliphatic carbocycles. The van der Waals surface area contributed by atoms with Gasteiger partial charge in [-0.1, -0.05) is 6.92 Å². The zero-order chi connectivity index (χ0) is 13.8. The molecule has 1 unspecified atom stereocenters. The monoisotopic (exact) mass is 268 g/mol. The third-order valence-electron chi connectivity index (χ3n) is 3.36. The van der Waals surface area contributed by atoms with Crippen molar-refractivity contribution in [3.8, 4) is 0 Å². The van der Waals surface area contributed by atoms with Crippen LogP contribution in [0.2, 0.25) is 0 Å². The first kappa shape index (κ1) is 13.9. The van der Waals surface area contributed by atoms with Crippen molar-refractivity contribution in [3.63, 3.8) is 0 Å². The first-order valence-electron chi connectivity index (χ1n) is 6.60. The highest BCUT2D eigenvalue weighted by atomic mass is 19.1. The predicted octanol–water partition coefficient (Wildman–Crippen LogP) is 2.18. The number of benzene rings is 1. The van der Waals surface area contributed by atoms with Crippen LogP contribution in [0.25, 0.3) is 0 Å². The number of nitrogens with one attached hydrogen (secondary N) is 1. The van der Waals surface area contributed by atoms with Crippen LogP contribution in [0, 0.1) is 11.6 Å². The van der Waals surface area contributed by atoms with E-state index in [1.807, 2.05) is 6.92 Å². The molecule has 1 fully saturated rings. The number of amides is 1. The van der Waals surface area contributed by atoms with E-state index in [4.69, 9.17) is 0 Å². The Morgan fingerprint density at radius 1 is 1.47 bits per heavy atom. The lowest BCUT2D eigenvalue weighted by atomic mass is 10.1. The molecule has 1 aliphatic heterocycles. The van der Waals surface area contributed by atoms with Gasteiger partial charge in [0.25, 0.3) is 5.91 Å². The van der Waals surface area contributed by atoms with Gasteiger partial charge in [-0.15, -0.1) is 0 Å². The Labute approximate surface area is 111 Å². The van der Waals surface area contributed by atoms with Gasteiger partial charge < -0.3 is 10.2 Å². The fourth-order valence-electron chi connectivity index (χ4n) is 2.41. The molecular formula is C14H18F2N2O. The number of rotatable bonds is 4. The van der Waals surface area contributed by atoms with E-state index < -0.39 is 11.6 Å². The van der Waals surface area contributed by atoms with Gasteiger partial charge in [-0.2, -0.15) is 0 Å². The lowest BCUT2D eigenvalue weighted by molar-refractivity contribution is 0.0687. The van der Waals surface area contributed by atoms with Gasteiger partial charge >= 0.3 is 0 Å². The molecule has 1 aromatic rings. The zero-order valence-electron chi connectivity index (χ0n) is 11.0. The first-order valence-corrected chi connectivity index (χ1v) is 6.60. The van der Waals surface area contributed by atoms with Crippen LogP contribution in [-0.4, -0.2) is 36.5 Å². The normalized spacial score (nSPS) is 18.6. The Morgan fingerprint density at radius 3 is 2.84 bits per heavy atom. The second kappa shape index (κ2) is 6.10. The van der Waals surface area contributed by atoms with E-state index in [9.17, 15) is 13.6 Å². The van der Waals surface area contributed by atoms with Crippen molar-refractivity contribution in [1.82, 2.24) is 10.2 Å². The lowest BCUT2D eigenvalue weighted by Gasteiger charge is -2.28. The maximum Gasteiger partial charge on any atom is 0.257 e. The molecule has 0 saturated carbocycles. The highest BCUT2D eigenvalue weighted by molar-refractivity contribution is 5.94. The summed E-state index contributed by atoms with van der Waals surface area (Å²) in [6, 6.07) is 3.19. The average molecular weight is 268 g/mol. The maximum absolute atomic E-state index is 13.7. The minimum atomic E-state index is -0.794. The molecule has 104 valence electrons. The van der Waals surface area contributed by atoms with Gasteiger partial charge in [-0.3, -0.25) is 4.79 Å². The lowest BCUT2D eigenvalue weighted by Crippen LogP contribution is -2.42. The quantitative estimate of drug-likeness (QED) is 0.907. The smallest absolute Gasteiger partial charge is 0.257 e. The summed E-state index contributed by atoms with van der Waals surface area (Å²) in [4.78, 5) is 14.1. The fraction of sp³-hybridized carbons (Fsp3) is 0.500. The summed E-state index contributed by atoms with van der Waals surface area (Å²) in [6.07, 6.45) is 1.68. The number of carbonyl (C=O) groups excluding carboxylic acids is 1. The Balaban J connectivity index is 2.22. The van der Waals surface area contributed by atoms with Gasteiger partial charge in [0.1, 0.15) is 11.6 Å². The van der Waals surface area contributed by atoms with Crippen LogP contribution in [0.3, 0.4) is 0 Å². The summed E-state index contributed by atoms with van der Waals surface area (Å²) in [6.45, 7) is 4.16. The highest BCUT2D eigenvalue weighted by Gasteiger charge is 2.28. The molecular weight excluding hydrogens is 250 g/mol. The minimum Gasteiger partial charge on any atom is -0.334 e. The predicted molar refractivity (Wildman–Crippen MR) is 69.0 cm³/mol. The molecule has 1 heterocycles. The molecule has 5 heteroatoms. The van der Waals surface area contributed by atoms with E-state index in [0.717, 1.165) is 38.1 Å². The summed E-state index contributed by atoms with van der Waals surface area (Å²) in [7, 11) is 0. The summed E-state index contributed by atoms with van der Waals surface area (Å²) in [5.74, 6) is -1.82. The number of nitrogens with zero attached hydrogens (tertiary/aromatic N) is 1.